The molecule has 110 valence electrons. The molecule has 1 saturated heterocycles. The van der Waals surface area contributed by atoms with E-state index in [0.29, 0.717) is 30.4 Å². The Morgan fingerprint density at radius 1 is 1.35 bits per heavy atom. The van der Waals surface area contributed by atoms with Gasteiger partial charge in [-0.15, -0.1) is 0 Å². The first-order valence-electron chi connectivity index (χ1n) is 6.74. The van der Waals surface area contributed by atoms with E-state index in [-0.39, 0.29) is 23.9 Å². The predicted molar refractivity (Wildman–Crippen MR) is 73.4 cm³/mol. The lowest BCUT2D eigenvalue weighted by atomic mass is 9.68. The molecule has 1 aromatic rings. The number of nitrogens with two attached hydrogens (primary N) is 1. The van der Waals surface area contributed by atoms with Gasteiger partial charge in [0.25, 0.3) is 0 Å². The van der Waals surface area contributed by atoms with Gasteiger partial charge in [0.1, 0.15) is 5.82 Å². The Morgan fingerprint density at radius 3 is 2.70 bits per heavy atom. The average Bonchev–Trinajstić information content (AvgIpc) is 2.91. The second-order valence-corrected chi connectivity index (χ2v) is 8.14. The number of aliphatic hydroxyl groups is 1. The van der Waals surface area contributed by atoms with Crippen molar-refractivity contribution in [2.75, 3.05) is 18.1 Å². The zero-order chi connectivity index (χ0) is 14.6. The lowest BCUT2D eigenvalue weighted by Gasteiger charge is -2.42. The lowest BCUT2D eigenvalue weighted by Crippen LogP contribution is -2.50. The number of hydrogen-bond acceptors (Lipinski definition) is 4. The Labute approximate surface area is 117 Å². The number of sulfone groups is 1. The summed E-state index contributed by atoms with van der Waals surface area (Å²) >= 11 is 0. The molecule has 20 heavy (non-hydrogen) atoms. The van der Waals surface area contributed by atoms with Crippen LogP contribution < -0.4 is 5.73 Å². The van der Waals surface area contributed by atoms with Gasteiger partial charge in [0, 0.05) is 12.0 Å². The van der Waals surface area contributed by atoms with Crippen LogP contribution >= 0.6 is 0 Å². The second kappa shape index (κ2) is 4.26. The van der Waals surface area contributed by atoms with E-state index in [1.165, 1.54) is 6.07 Å². The maximum absolute atomic E-state index is 13.8. The number of rotatable bonds is 2. The van der Waals surface area contributed by atoms with E-state index >= 15 is 0 Å². The van der Waals surface area contributed by atoms with E-state index in [4.69, 9.17) is 5.73 Å². The zero-order valence-electron chi connectivity index (χ0n) is 11.1. The molecule has 3 rings (SSSR count). The molecule has 0 spiro atoms. The van der Waals surface area contributed by atoms with Crippen LogP contribution in [0.1, 0.15) is 24.0 Å². The smallest absolute Gasteiger partial charge is 0.151 e. The number of benzene rings is 1. The Morgan fingerprint density at radius 2 is 2.10 bits per heavy atom. The van der Waals surface area contributed by atoms with Crippen molar-refractivity contribution < 1.29 is 17.9 Å². The molecule has 4 nitrogen and oxygen atoms in total. The Bertz CT molecular complexity index is 660. The van der Waals surface area contributed by atoms with Crippen molar-refractivity contribution >= 4 is 9.84 Å². The van der Waals surface area contributed by atoms with Gasteiger partial charge in [-0.2, -0.15) is 0 Å². The molecule has 0 saturated carbocycles. The summed E-state index contributed by atoms with van der Waals surface area (Å²) in [6, 6.07) is 4.61. The molecule has 0 radical (unpaired) electrons. The SMILES string of the molecule is NCC1(C2(O)CCc3c(F)cccc32)CCS(=O)(=O)C1. The van der Waals surface area contributed by atoms with Crippen molar-refractivity contribution in [3.63, 3.8) is 0 Å². The van der Waals surface area contributed by atoms with Crippen LogP contribution in [0.2, 0.25) is 0 Å². The van der Waals surface area contributed by atoms with Gasteiger partial charge in [-0.25, -0.2) is 12.8 Å². The molecular formula is C14H18FNO3S. The summed E-state index contributed by atoms with van der Waals surface area (Å²) in [5.41, 5.74) is 4.60. The van der Waals surface area contributed by atoms with Crippen LogP contribution in [-0.2, 0) is 21.9 Å². The highest BCUT2D eigenvalue weighted by Crippen LogP contribution is 2.53. The summed E-state index contributed by atoms with van der Waals surface area (Å²) in [6.07, 6.45) is 1.08. The molecule has 1 fully saturated rings. The molecule has 2 atom stereocenters. The Balaban J connectivity index is 2.14. The lowest BCUT2D eigenvalue weighted by molar-refractivity contribution is -0.0729. The molecule has 1 aliphatic heterocycles. The van der Waals surface area contributed by atoms with Crippen molar-refractivity contribution in [3.8, 4) is 0 Å². The van der Waals surface area contributed by atoms with Gasteiger partial charge in [-0.3, -0.25) is 0 Å². The van der Waals surface area contributed by atoms with Crippen molar-refractivity contribution in [2.45, 2.75) is 24.9 Å². The third kappa shape index (κ3) is 1.75. The highest BCUT2D eigenvalue weighted by molar-refractivity contribution is 7.91. The average molecular weight is 299 g/mol. The van der Waals surface area contributed by atoms with Crippen molar-refractivity contribution in [1.29, 1.82) is 0 Å². The molecule has 0 amide bonds. The number of fused-ring (bicyclic) bond motifs is 1. The van der Waals surface area contributed by atoms with Crippen molar-refractivity contribution in [1.82, 2.24) is 0 Å². The van der Waals surface area contributed by atoms with Crippen LogP contribution in [0.25, 0.3) is 0 Å². The van der Waals surface area contributed by atoms with Crippen molar-refractivity contribution in [3.05, 3.63) is 35.1 Å². The standard InChI is InChI=1S/C14H18FNO3S/c15-12-3-1-2-11-10(12)4-5-14(11,17)13(8-16)6-7-20(18,19)9-13/h1-3,17H,4-9,16H2. The fourth-order valence-electron chi connectivity index (χ4n) is 3.76. The topological polar surface area (TPSA) is 80.4 Å². The van der Waals surface area contributed by atoms with Crippen LogP contribution in [0.15, 0.2) is 18.2 Å². The summed E-state index contributed by atoms with van der Waals surface area (Å²) in [7, 11) is -3.19. The summed E-state index contributed by atoms with van der Waals surface area (Å²) < 4.78 is 37.5. The molecule has 1 aromatic carbocycles. The van der Waals surface area contributed by atoms with E-state index in [1.807, 2.05) is 0 Å². The molecule has 2 unspecified atom stereocenters. The van der Waals surface area contributed by atoms with Gasteiger partial charge in [0.05, 0.1) is 17.1 Å². The quantitative estimate of drug-likeness (QED) is 0.843. The first-order valence-corrected chi connectivity index (χ1v) is 8.56. The largest absolute Gasteiger partial charge is 0.384 e. The molecule has 1 aliphatic carbocycles. The van der Waals surface area contributed by atoms with Crippen molar-refractivity contribution in [2.24, 2.45) is 11.1 Å². The van der Waals surface area contributed by atoms with Gasteiger partial charge in [-0.05, 0) is 36.5 Å². The summed E-state index contributed by atoms with van der Waals surface area (Å²) in [5, 5.41) is 11.1. The zero-order valence-corrected chi connectivity index (χ0v) is 11.9. The molecule has 0 bridgehead atoms. The van der Waals surface area contributed by atoms with E-state index < -0.39 is 20.9 Å². The number of halogens is 1. The van der Waals surface area contributed by atoms with Crippen LogP contribution in [0.4, 0.5) is 4.39 Å². The first-order chi connectivity index (χ1) is 9.34. The van der Waals surface area contributed by atoms with Gasteiger partial charge >= 0.3 is 0 Å². The molecular weight excluding hydrogens is 281 g/mol. The van der Waals surface area contributed by atoms with E-state index in [0.717, 1.165) is 0 Å². The van der Waals surface area contributed by atoms with Crippen LogP contribution in [-0.4, -0.2) is 31.6 Å². The van der Waals surface area contributed by atoms with E-state index in [2.05, 4.69) is 0 Å². The summed E-state index contributed by atoms with van der Waals surface area (Å²) in [6.45, 7) is 0.0820. The molecule has 6 heteroatoms. The fraction of sp³-hybridized carbons (Fsp3) is 0.571. The van der Waals surface area contributed by atoms with Gasteiger partial charge in [0.2, 0.25) is 0 Å². The highest BCUT2D eigenvalue weighted by atomic mass is 32.2. The minimum absolute atomic E-state index is 0.0388. The van der Waals surface area contributed by atoms with Crippen LogP contribution in [0.3, 0.4) is 0 Å². The number of hydrogen-bond donors (Lipinski definition) is 2. The van der Waals surface area contributed by atoms with E-state index in [9.17, 15) is 17.9 Å². The maximum Gasteiger partial charge on any atom is 0.151 e. The molecule has 1 heterocycles. The maximum atomic E-state index is 13.8. The predicted octanol–water partition coefficient (Wildman–Crippen LogP) is 0.723. The summed E-state index contributed by atoms with van der Waals surface area (Å²) in [4.78, 5) is 0. The molecule has 0 aromatic heterocycles. The van der Waals surface area contributed by atoms with Crippen LogP contribution in [0.5, 0.6) is 0 Å². The third-order valence-corrected chi connectivity index (χ3v) is 6.78. The normalized spacial score (nSPS) is 35.1. The molecule has 2 aliphatic rings. The first kappa shape index (κ1) is 14.0. The highest BCUT2D eigenvalue weighted by Gasteiger charge is 2.58. The van der Waals surface area contributed by atoms with Crippen LogP contribution in [0, 0.1) is 11.2 Å². The summed E-state index contributed by atoms with van der Waals surface area (Å²) in [5.74, 6) is -0.424. The molecule has 3 N–H and O–H groups in total. The van der Waals surface area contributed by atoms with Gasteiger partial charge in [-0.1, -0.05) is 12.1 Å². The van der Waals surface area contributed by atoms with E-state index in [1.54, 1.807) is 12.1 Å². The Kier molecular flexibility index (Phi) is 2.97. The van der Waals surface area contributed by atoms with Gasteiger partial charge in [0.15, 0.2) is 9.84 Å². The monoisotopic (exact) mass is 299 g/mol. The third-order valence-electron chi connectivity index (χ3n) is 4.96. The van der Waals surface area contributed by atoms with Gasteiger partial charge < -0.3 is 10.8 Å². The minimum atomic E-state index is -3.19. The minimum Gasteiger partial charge on any atom is -0.384 e. The fourth-order valence-corrected chi connectivity index (χ4v) is 5.95. The Hall–Kier alpha value is -0.980. The second-order valence-electron chi connectivity index (χ2n) is 5.95.